The van der Waals surface area contributed by atoms with Gasteiger partial charge in [-0.25, -0.2) is 4.79 Å². The first-order chi connectivity index (χ1) is 13.3. The van der Waals surface area contributed by atoms with Gasteiger partial charge in [0, 0.05) is 19.2 Å². The predicted molar refractivity (Wildman–Crippen MR) is 109 cm³/mol. The van der Waals surface area contributed by atoms with Crippen LogP contribution in [0.15, 0.2) is 30.3 Å². The van der Waals surface area contributed by atoms with Gasteiger partial charge in [-0.15, -0.1) is 0 Å². The predicted octanol–water partition coefficient (Wildman–Crippen LogP) is 3.24. The van der Waals surface area contributed by atoms with Crippen LogP contribution in [0.4, 0.5) is 0 Å². The first kappa shape index (κ1) is 21.7. The van der Waals surface area contributed by atoms with E-state index in [0.717, 1.165) is 22.5 Å². The molecule has 1 atom stereocenters. The highest BCUT2D eigenvalue weighted by atomic mass is 16.5. The summed E-state index contributed by atoms with van der Waals surface area (Å²) in [4.78, 5) is 25.0. The molecule has 1 amide bonds. The van der Waals surface area contributed by atoms with Gasteiger partial charge in [-0.2, -0.15) is 5.10 Å². The second-order valence-electron chi connectivity index (χ2n) is 7.62. The van der Waals surface area contributed by atoms with E-state index in [2.05, 4.69) is 10.4 Å². The summed E-state index contributed by atoms with van der Waals surface area (Å²) in [5, 5.41) is 7.24. The number of hydrogen-bond acceptors (Lipinski definition) is 4. The van der Waals surface area contributed by atoms with E-state index in [1.165, 1.54) is 0 Å². The van der Waals surface area contributed by atoms with Crippen molar-refractivity contribution in [3.63, 3.8) is 0 Å². The van der Waals surface area contributed by atoms with Gasteiger partial charge in [0.25, 0.3) is 0 Å². The average Bonchev–Trinajstić information content (AvgIpc) is 2.89. The van der Waals surface area contributed by atoms with Crippen molar-refractivity contribution in [2.75, 3.05) is 0 Å². The molecule has 2 rings (SSSR count). The molecule has 1 N–H and O–H groups in total. The third-order valence-corrected chi connectivity index (χ3v) is 4.81. The van der Waals surface area contributed by atoms with Gasteiger partial charge in [-0.3, -0.25) is 9.48 Å². The van der Waals surface area contributed by atoms with E-state index in [9.17, 15) is 9.59 Å². The van der Waals surface area contributed by atoms with Crippen LogP contribution in [0, 0.1) is 19.8 Å². The molecule has 28 heavy (non-hydrogen) atoms. The van der Waals surface area contributed by atoms with Crippen molar-refractivity contribution < 1.29 is 14.3 Å². The lowest BCUT2D eigenvalue weighted by molar-refractivity contribution is -0.149. The molecule has 152 valence electrons. The summed E-state index contributed by atoms with van der Waals surface area (Å²) in [6, 6.07) is 8.90. The average molecular weight is 386 g/mol. The van der Waals surface area contributed by atoms with Gasteiger partial charge in [0.2, 0.25) is 5.91 Å². The molecule has 0 fully saturated rings. The van der Waals surface area contributed by atoms with Gasteiger partial charge < -0.3 is 10.1 Å². The summed E-state index contributed by atoms with van der Waals surface area (Å²) in [5.74, 6) is -0.276. The summed E-state index contributed by atoms with van der Waals surface area (Å²) in [5.41, 5.74) is 4.01. The number of aryl methyl sites for hydroxylation is 2. The molecule has 1 aromatic heterocycles. The van der Waals surface area contributed by atoms with Gasteiger partial charge in [-0.05, 0) is 43.7 Å². The summed E-state index contributed by atoms with van der Waals surface area (Å²) in [6.45, 7) is 8.19. The standard InChI is InChI=1S/C22H31N3O3/c1-15(2)13-20(22(27)28-14-18-9-7-6-8-10-18)23-21(26)12-11-19-16(3)24-25(5)17(19)4/h6-10,15,20H,11-14H2,1-5H3,(H,23,26)/t20-/m0/s1. The quantitative estimate of drug-likeness (QED) is 0.673. The van der Waals surface area contributed by atoms with E-state index in [1.54, 1.807) is 0 Å². The molecule has 1 heterocycles. The van der Waals surface area contributed by atoms with Crippen LogP contribution in [0.5, 0.6) is 0 Å². The first-order valence-electron chi connectivity index (χ1n) is 9.77. The molecule has 1 aromatic carbocycles. The topological polar surface area (TPSA) is 73.2 Å². The van der Waals surface area contributed by atoms with E-state index in [0.29, 0.717) is 19.3 Å². The van der Waals surface area contributed by atoms with Crippen molar-refractivity contribution in [2.24, 2.45) is 13.0 Å². The van der Waals surface area contributed by atoms with Gasteiger partial charge in [0.15, 0.2) is 0 Å². The van der Waals surface area contributed by atoms with Crippen molar-refractivity contribution in [2.45, 2.75) is 59.6 Å². The Bertz CT molecular complexity index is 797. The molecule has 0 saturated heterocycles. The molecule has 0 bridgehead atoms. The molecule has 6 heteroatoms. The summed E-state index contributed by atoms with van der Waals surface area (Å²) >= 11 is 0. The Labute approximate surface area is 167 Å². The summed E-state index contributed by atoms with van der Waals surface area (Å²) < 4.78 is 7.25. The Morgan fingerprint density at radius 1 is 1.18 bits per heavy atom. The van der Waals surface area contributed by atoms with Gasteiger partial charge in [0.1, 0.15) is 12.6 Å². The highest BCUT2D eigenvalue weighted by Crippen LogP contribution is 2.14. The minimum atomic E-state index is -0.632. The smallest absolute Gasteiger partial charge is 0.328 e. The Morgan fingerprint density at radius 3 is 2.43 bits per heavy atom. The van der Waals surface area contributed by atoms with Crippen molar-refractivity contribution in [1.82, 2.24) is 15.1 Å². The SMILES string of the molecule is Cc1nn(C)c(C)c1CCC(=O)N[C@@H](CC(C)C)C(=O)OCc1ccccc1. The molecule has 0 aliphatic rings. The van der Waals surface area contributed by atoms with Crippen LogP contribution in [0.25, 0.3) is 0 Å². The first-order valence-corrected chi connectivity index (χ1v) is 9.77. The van der Waals surface area contributed by atoms with E-state index in [-0.39, 0.29) is 24.4 Å². The number of esters is 1. The normalized spacial score (nSPS) is 12.1. The molecule has 6 nitrogen and oxygen atoms in total. The zero-order chi connectivity index (χ0) is 20.7. The fourth-order valence-electron chi connectivity index (χ4n) is 3.20. The molecular weight excluding hydrogens is 354 g/mol. The lowest BCUT2D eigenvalue weighted by Gasteiger charge is -2.19. The number of ether oxygens (including phenoxy) is 1. The minimum absolute atomic E-state index is 0.148. The fraction of sp³-hybridized carbons (Fsp3) is 0.500. The Balaban J connectivity index is 1.92. The molecule has 2 aromatic rings. The highest BCUT2D eigenvalue weighted by Gasteiger charge is 2.23. The molecule has 0 aliphatic heterocycles. The van der Waals surface area contributed by atoms with Crippen molar-refractivity contribution in [3.8, 4) is 0 Å². The summed E-state index contributed by atoms with van der Waals surface area (Å²) in [6.07, 6.45) is 1.46. The maximum atomic E-state index is 12.5. The van der Waals surface area contributed by atoms with Crippen LogP contribution in [-0.4, -0.2) is 27.7 Å². The highest BCUT2D eigenvalue weighted by molar-refractivity contribution is 5.84. The number of carbonyl (C=O) groups excluding carboxylic acids is 2. The molecular formula is C22H31N3O3. The molecule has 0 spiro atoms. The second-order valence-corrected chi connectivity index (χ2v) is 7.62. The number of rotatable bonds is 9. The van der Waals surface area contributed by atoms with E-state index in [1.807, 2.05) is 69.8 Å². The van der Waals surface area contributed by atoms with Crippen LogP contribution in [0.1, 0.15) is 49.2 Å². The van der Waals surface area contributed by atoms with E-state index >= 15 is 0 Å². The lowest BCUT2D eigenvalue weighted by Crippen LogP contribution is -2.42. The van der Waals surface area contributed by atoms with E-state index in [4.69, 9.17) is 4.74 Å². The number of aromatic nitrogens is 2. The largest absolute Gasteiger partial charge is 0.459 e. The molecule has 0 unspecified atom stereocenters. The Morgan fingerprint density at radius 2 is 1.86 bits per heavy atom. The third kappa shape index (κ3) is 6.22. The minimum Gasteiger partial charge on any atom is -0.459 e. The number of hydrogen-bond donors (Lipinski definition) is 1. The number of nitrogens with zero attached hydrogens (tertiary/aromatic N) is 2. The number of carbonyl (C=O) groups is 2. The maximum Gasteiger partial charge on any atom is 0.328 e. The monoisotopic (exact) mass is 385 g/mol. The van der Waals surface area contributed by atoms with Crippen LogP contribution in [0.3, 0.4) is 0 Å². The van der Waals surface area contributed by atoms with Crippen LogP contribution in [-0.2, 0) is 34.4 Å². The van der Waals surface area contributed by atoms with Gasteiger partial charge >= 0.3 is 5.97 Å². The maximum absolute atomic E-state index is 12.5. The molecule has 0 aliphatic carbocycles. The summed E-state index contributed by atoms with van der Waals surface area (Å²) in [7, 11) is 1.90. The number of benzene rings is 1. The van der Waals surface area contributed by atoms with Gasteiger partial charge in [0.05, 0.1) is 5.69 Å². The lowest BCUT2D eigenvalue weighted by atomic mass is 10.0. The zero-order valence-electron chi connectivity index (χ0n) is 17.5. The Hall–Kier alpha value is -2.63. The Kier molecular flexibility index (Phi) is 7.79. The van der Waals surface area contributed by atoms with Crippen molar-refractivity contribution in [3.05, 3.63) is 52.8 Å². The molecule has 0 radical (unpaired) electrons. The third-order valence-electron chi connectivity index (χ3n) is 4.81. The van der Waals surface area contributed by atoms with Crippen LogP contribution < -0.4 is 5.32 Å². The van der Waals surface area contributed by atoms with E-state index < -0.39 is 6.04 Å². The molecule has 0 saturated carbocycles. The van der Waals surface area contributed by atoms with Crippen molar-refractivity contribution >= 4 is 11.9 Å². The second kappa shape index (κ2) is 10.1. The van der Waals surface area contributed by atoms with Gasteiger partial charge in [-0.1, -0.05) is 44.2 Å². The van der Waals surface area contributed by atoms with Crippen LogP contribution >= 0.6 is 0 Å². The van der Waals surface area contributed by atoms with Crippen molar-refractivity contribution in [1.29, 1.82) is 0 Å². The number of amides is 1. The fourth-order valence-corrected chi connectivity index (χ4v) is 3.20. The zero-order valence-corrected chi connectivity index (χ0v) is 17.5. The number of nitrogens with one attached hydrogen (secondary N) is 1. The van der Waals surface area contributed by atoms with Crippen LogP contribution in [0.2, 0.25) is 0 Å².